The fourth-order valence-corrected chi connectivity index (χ4v) is 2.97. The average molecular weight is 312 g/mol. The Morgan fingerprint density at radius 3 is 2.14 bits per heavy atom. The summed E-state index contributed by atoms with van der Waals surface area (Å²) in [4.78, 5) is 23.6. The molecule has 0 aromatic carbocycles. The smallest absolute Gasteiger partial charge is 0.332 e. The SMILES string of the molecule is CCOC(OCC)C1C(C(=O)O)=CC(C)=CC1(CC)C(=O)O. The van der Waals surface area contributed by atoms with Gasteiger partial charge in [-0.15, -0.1) is 0 Å². The Kier molecular flexibility index (Phi) is 6.32. The van der Waals surface area contributed by atoms with E-state index < -0.39 is 29.6 Å². The summed E-state index contributed by atoms with van der Waals surface area (Å²) < 4.78 is 11.1. The van der Waals surface area contributed by atoms with Crippen LogP contribution in [0.5, 0.6) is 0 Å². The Morgan fingerprint density at radius 1 is 1.23 bits per heavy atom. The van der Waals surface area contributed by atoms with E-state index in [1.54, 1.807) is 33.8 Å². The largest absolute Gasteiger partial charge is 0.481 e. The third-order valence-electron chi connectivity index (χ3n) is 3.92. The molecule has 0 radical (unpaired) electrons. The van der Waals surface area contributed by atoms with E-state index in [-0.39, 0.29) is 12.0 Å². The molecule has 0 aromatic rings. The van der Waals surface area contributed by atoms with Crippen molar-refractivity contribution in [2.24, 2.45) is 11.3 Å². The van der Waals surface area contributed by atoms with Crippen molar-refractivity contribution in [2.45, 2.75) is 40.4 Å². The third-order valence-corrected chi connectivity index (χ3v) is 3.92. The van der Waals surface area contributed by atoms with E-state index in [1.807, 2.05) is 0 Å². The normalized spacial score (nSPS) is 24.9. The molecule has 0 bridgehead atoms. The van der Waals surface area contributed by atoms with Crippen LogP contribution in [0.15, 0.2) is 23.3 Å². The van der Waals surface area contributed by atoms with Gasteiger partial charge in [0.25, 0.3) is 0 Å². The summed E-state index contributed by atoms with van der Waals surface area (Å²) in [5.41, 5.74) is -0.734. The van der Waals surface area contributed by atoms with E-state index in [9.17, 15) is 19.8 Å². The maximum atomic E-state index is 12.0. The first-order valence-electron chi connectivity index (χ1n) is 7.44. The molecular weight excluding hydrogens is 288 g/mol. The minimum absolute atomic E-state index is 0.0103. The molecule has 0 spiro atoms. The van der Waals surface area contributed by atoms with Gasteiger partial charge in [0.05, 0.1) is 11.3 Å². The van der Waals surface area contributed by atoms with E-state index in [1.165, 1.54) is 6.08 Å². The number of hydrogen-bond donors (Lipinski definition) is 2. The fraction of sp³-hybridized carbons (Fsp3) is 0.625. The first-order chi connectivity index (χ1) is 10.3. The van der Waals surface area contributed by atoms with E-state index >= 15 is 0 Å². The number of rotatable bonds is 8. The van der Waals surface area contributed by atoms with E-state index in [0.717, 1.165) is 0 Å². The van der Waals surface area contributed by atoms with Crippen LogP contribution in [-0.4, -0.2) is 41.7 Å². The second kappa shape index (κ2) is 7.56. The van der Waals surface area contributed by atoms with E-state index in [4.69, 9.17) is 9.47 Å². The maximum Gasteiger partial charge on any atom is 0.332 e. The van der Waals surface area contributed by atoms with Crippen molar-refractivity contribution >= 4 is 11.9 Å². The first-order valence-corrected chi connectivity index (χ1v) is 7.44. The Bertz CT molecular complexity index is 487. The molecule has 1 rings (SSSR count). The molecule has 0 saturated carbocycles. The van der Waals surface area contributed by atoms with E-state index in [0.29, 0.717) is 18.8 Å². The fourth-order valence-electron chi connectivity index (χ4n) is 2.97. The van der Waals surface area contributed by atoms with Gasteiger partial charge < -0.3 is 19.7 Å². The summed E-state index contributed by atoms with van der Waals surface area (Å²) in [6, 6.07) is 0. The Balaban J connectivity index is 3.48. The first kappa shape index (κ1) is 18.4. The lowest BCUT2D eigenvalue weighted by molar-refractivity contribution is -0.190. The highest BCUT2D eigenvalue weighted by molar-refractivity contribution is 5.91. The minimum Gasteiger partial charge on any atom is -0.481 e. The molecule has 6 nitrogen and oxygen atoms in total. The predicted molar refractivity (Wildman–Crippen MR) is 80.4 cm³/mol. The lowest BCUT2D eigenvalue weighted by atomic mass is 9.65. The van der Waals surface area contributed by atoms with Crippen LogP contribution >= 0.6 is 0 Å². The lowest BCUT2D eigenvalue weighted by Crippen LogP contribution is -2.48. The number of ether oxygens (including phenoxy) is 2. The van der Waals surface area contributed by atoms with Crippen molar-refractivity contribution in [3.63, 3.8) is 0 Å². The number of carbonyl (C=O) groups is 2. The van der Waals surface area contributed by atoms with Crippen molar-refractivity contribution in [1.82, 2.24) is 0 Å². The average Bonchev–Trinajstić information content (AvgIpc) is 2.45. The minimum atomic E-state index is -1.36. The number of aliphatic carboxylic acids is 2. The zero-order valence-electron chi connectivity index (χ0n) is 13.5. The van der Waals surface area contributed by atoms with Crippen molar-refractivity contribution in [1.29, 1.82) is 0 Å². The van der Waals surface area contributed by atoms with Crippen LogP contribution < -0.4 is 0 Å². The molecule has 2 N–H and O–H groups in total. The highest BCUT2D eigenvalue weighted by Gasteiger charge is 2.52. The maximum absolute atomic E-state index is 12.0. The predicted octanol–water partition coefficient (Wildman–Crippen LogP) is 2.45. The molecule has 124 valence electrons. The van der Waals surface area contributed by atoms with Gasteiger partial charge in [0.2, 0.25) is 0 Å². The van der Waals surface area contributed by atoms with Gasteiger partial charge in [0.1, 0.15) is 0 Å². The summed E-state index contributed by atoms with van der Waals surface area (Å²) >= 11 is 0. The monoisotopic (exact) mass is 312 g/mol. The van der Waals surface area contributed by atoms with Crippen molar-refractivity contribution < 1.29 is 29.3 Å². The number of hydrogen-bond acceptors (Lipinski definition) is 4. The molecule has 0 amide bonds. The summed E-state index contributed by atoms with van der Waals surface area (Å²) in [6.07, 6.45) is 2.43. The quantitative estimate of drug-likeness (QED) is 0.669. The zero-order chi connectivity index (χ0) is 16.9. The Hall–Kier alpha value is -1.66. The molecule has 0 aliphatic heterocycles. The molecule has 0 aromatic heterocycles. The molecular formula is C16H24O6. The molecule has 1 aliphatic carbocycles. The van der Waals surface area contributed by atoms with E-state index in [2.05, 4.69) is 0 Å². The van der Waals surface area contributed by atoms with Gasteiger partial charge >= 0.3 is 11.9 Å². The molecule has 1 aliphatic rings. The molecule has 2 atom stereocenters. The zero-order valence-corrected chi connectivity index (χ0v) is 13.5. The lowest BCUT2D eigenvalue weighted by Gasteiger charge is -2.41. The van der Waals surface area contributed by atoms with Crippen LogP contribution in [-0.2, 0) is 19.1 Å². The van der Waals surface area contributed by atoms with Gasteiger partial charge in [-0.05, 0) is 33.3 Å². The van der Waals surface area contributed by atoms with Gasteiger partial charge in [-0.2, -0.15) is 0 Å². The molecule has 6 heteroatoms. The Labute approximate surface area is 130 Å². The van der Waals surface area contributed by atoms with Gasteiger partial charge in [0.15, 0.2) is 6.29 Å². The molecule has 0 heterocycles. The summed E-state index contributed by atoms with van der Waals surface area (Å²) in [6.45, 7) is 7.54. The highest BCUT2D eigenvalue weighted by Crippen LogP contribution is 2.45. The van der Waals surface area contributed by atoms with Crippen LogP contribution in [0.2, 0.25) is 0 Å². The van der Waals surface area contributed by atoms with Crippen LogP contribution in [0.4, 0.5) is 0 Å². The highest BCUT2D eigenvalue weighted by atomic mass is 16.7. The topological polar surface area (TPSA) is 93.1 Å². The van der Waals surface area contributed by atoms with Crippen molar-refractivity contribution in [2.75, 3.05) is 13.2 Å². The van der Waals surface area contributed by atoms with Crippen LogP contribution in [0.25, 0.3) is 0 Å². The third kappa shape index (κ3) is 3.39. The van der Waals surface area contributed by atoms with Crippen molar-refractivity contribution in [3.8, 4) is 0 Å². The number of carboxylic acids is 2. The second-order valence-corrected chi connectivity index (χ2v) is 5.25. The number of carboxylic acid groups (broad SMARTS) is 2. The van der Waals surface area contributed by atoms with Gasteiger partial charge in [-0.3, -0.25) is 4.79 Å². The molecule has 22 heavy (non-hydrogen) atoms. The molecule has 2 unspecified atom stereocenters. The summed E-state index contributed by atoms with van der Waals surface area (Å²) in [5, 5.41) is 19.3. The molecule has 0 fully saturated rings. The van der Waals surface area contributed by atoms with Crippen LogP contribution in [0, 0.1) is 11.3 Å². The second-order valence-electron chi connectivity index (χ2n) is 5.25. The Morgan fingerprint density at radius 2 is 1.77 bits per heavy atom. The number of allylic oxidation sites excluding steroid dienone is 2. The summed E-state index contributed by atoms with van der Waals surface area (Å²) in [7, 11) is 0. The van der Waals surface area contributed by atoms with Gasteiger partial charge in [0, 0.05) is 18.8 Å². The van der Waals surface area contributed by atoms with Gasteiger partial charge in [-0.1, -0.05) is 18.6 Å². The summed E-state index contributed by atoms with van der Waals surface area (Å²) in [5.74, 6) is -3.13. The van der Waals surface area contributed by atoms with Gasteiger partial charge in [-0.25, -0.2) is 4.79 Å². The van der Waals surface area contributed by atoms with Crippen molar-refractivity contribution in [3.05, 3.63) is 23.3 Å². The standard InChI is InChI=1S/C16H24O6/c1-5-16(15(19)20)9-10(4)8-11(13(17)18)12(16)14(21-6-2)22-7-3/h8-9,12,14H,5-7H2,1-4H3,(H,17,18)(H,19,20). The van der Waals surface area contributed by atoms with Crippen LogP contribution in [0.3, 0.4) is 0 Å². The van der Waals surface area contributed by atoms with Crippen LogP contribution in [0.1, 0.15) is 34.1 Å². The molecule has 0 saturated heterocycles.